The zero-order valence-electron chi connectivity index (χ0n) is 13.0. The zero-order valence-corrected chi connectivity index (χ0v) is 13.9. The summed E-state index contributed by atoms with van der Waals surface area (Å²) in [7, 11) is 1.18. The second-order valence-corrected chi connectivity index (χ2v) is 5.21. The quantitative estimate of drug-likeness (QED) is 0.146. The van der Waals surface area contributed by atoms with Crippen molar-refractivity contribution in [1.82, 2.24) is 10.6 Å². The van der Waals surface area contributed by atoms with Gasteiger partial charge >= 0.3 is 0 Å². The summed E-state index contributed by atoms with van der Waals surface area (Å²) < 4.78 is 4.78. The lowest BCUT2D eigenvalue weighted by atomic mass is 10.0. The summed E-state index contributed by atoms with van der Waals surface area (Å²) in [6.07, 6.45) is -5.01. The van der Waals surface area contributed by atoms with E-state index in [1.54, 1.807) is 0 Å². The van der Waals surface area contributed by atoms with Gasteiger partial charge in [0.05, 0.1) is 12.4 Å². The average Bonchev–Trinajstić information content (AvgIpc) is 2.56. The molecule has 0 spiro atoms. The van der Waals surface area contributed by atoms with E-state index in [4.69, 9.17) is 9.84 Å². The third kappa shape index (κ3) is 8.49. The smallest absolute Gasteiger partial charge is 0.251 e. The molecule has 0 aromatic rings. The molecular formula is C13H26N2O7S. The molecule has 10 heteroatoms. The van der Waals surface area contributed by atoms with Crippen LogP contribution in [0.15, 0.2) is 0 Å². The van der Waals surface area contributed by atoms with E-state index in [2.05, 4.69) is 23.3 Å². The Kier molecular flexibility index (Phi) is 12.0. The molecule has 4 atom stereocenters. The van der Waals surface area contributed by atoms with Crippen LogP contribution in [0.3, 0.4) is 0 Å². The van der Waals surface area contributed by atoms with Crippen LogP contribution in [0.25, 0.3) is 0 Å². The highest BCUT2D eigenvalue weighted by molar-refractivity contribution is 7.81. The number of methoxy groups -OCH3 is 1. The molecule has 0 aliphatic rings. The molecule has 6 N–H and O–H groups in total. The Labute approximate surface area is 140 Å². The molecule has 0 saturated carbocycles. The van der Waals surface area contributed by atoms with Crippen molar-refractivity contribution in [2.75, 3.05) is 32.6 Å². The zero-order chi connectivity index (χ0) is 17.8. The average molecular weight is 354 g/mol. The van der Waals surface area contributed by atoms with Crippen molar-refractivity contribution in [3.63, 3.8) is 0 Å². The van der Waals surface area contributed by atoms with Crippen molar-refractivity contribution in [3.05, 3.63) is 0 Å². The van der Waals surface area contributed by atoms with Crippen LogP contribution in [0.1, 0.15) is 12.8 Å². The van der Waals surface area contributed by atoms with Crippen molar-refractivity contribution in [2.45, 2.75) is 37.3 Å². The Morgan fingerprint density at radius 2 is 1.70 bits per heavy atom. The summed E-state index contributed by atoms with van der Waals surface area (Å²) in [5.74, 6) is -0.880. The molecule has 0 aliphatic heterocycles. The second-order valence-electron chi connectivity index (χ2n) is 4.89. The number of unbranched alkanes of at least 4 members (excludes halogenated alkanes) is 1. The minimum absolute atomic E-state index is 0.112. The Hall–Kier alpha value is -0.910. The van der Waals surface area contributed by atoms with Gasteiger partial charge in [-0.15, -0.1) is 0 Å². The summed E-state index contributed by atoms with van der Waals surface area (Å²) in [5.41, 5.74) is 0. The summed E-state index contributed by atoms with van der Waals surface area (Å²) in [4.78, 5) is 22.6. The molecule has 0 aromatic carbocycles. The number of hydrogen-bond acceptors (Lipinski definition) is 8. The second kappa shape index (κ2) is 12.5. The number of ether oxygens (including phenoxy) is 1. The lowest BCUT2D eigenvalue weighted by Gasteiger charge is -2.27. The normalized spacial score (nSPS) is 16.3. The van der Waals surface area contributed by atoms with Crippen molar-refractivity contribution < 1.29 is 34.8 Å². The van der Waals surface area contributed by atoms with Gasteiger partial charge < -0.3 is 35.8 Å². The van der Waals surface area contributed by atoms with E-state index < -0.39 is 36.9 Å². The van der Waals surface area contributed by atoms with Crippen LogP contribution in [0.2, 0.25) is 0 Å². The van der Waals surface area contributed by atoms with E-state index in [-0.39, 0.29) is 18.2 Å². The maximum atomic E-state index is 11.7. The first-order chi connectivity index (χ1) is 10.9. The number of aliphatic hydroxyl groups excluding tert-OH is 4. The predicted molar refractivity (Wildman–Crippen MR) is 85.0 cm³/mol. The van der Waals surface area contributed by atoms with Gasteiger partial charge in [0.15, 0.2) is 6.10 Å². The Morgan fingerprint density at radius 1 is 1.13 bits per heavy atom. The summed E-state index contributed by atoms with van der Waals surface area (Å²) >= 11 is 3.81. The Balaban J connectivity index is 4.07. The molecule has 0 aromatic heterocycles. The van der Waals surface area contributed by atoms with Crippen molar-refractivity contribution in [1.29, 1.82) is 0 Å². The molecule has 0 fully saturated rings. The molecule has 2 unspecified atom stereocenters. The van der Waals surface area contributed by atoms with Crippen LogP contribution >= 0.6 is 12.6 Å². The highest BCUT2D eigenvalue weighted by Crippen LogP contribution is 2.09. The molecule has 0 rings (SSSR count). The number of nitrogens with one attached hydrogen (secondary N) is 2. The van der Waals surface area contributed by atoms with Crippen molar-refractivity contribution in [2.24, 2.45) is 0 Å². The number of carbonyl (C=O) groups is 2. The van der Waals surface area contributed by atoms with Gasteiger partial charge in [-0.2, -0.15) is 12.6 Å². The fraction of sp³-hybridized carbons (Fsp3) is 0.846. The fourth-order valence-corrected chi connectivity index (χ4v) is 1.92. The number of rotatable bonds is 12. The van der Waals surface area contributed by atoms with E-state index in [1.807, 2.05) is 0 Å². The van der Waals surface area contributed by atoms with Gasteiger partial charge in [0.2, 0.25) is 5.91 Å². The van der Waals surface area contributed by atoms with E-state index in [1.165, 1.54) is 7.11 Å². The lowest BCUT2D eigenvalue weighted by Crippen LogP contribution is -2.52. The predicted octanol–water partition coefficient (Wildman–Crippen LogP) is -2.98. The van der Waals surface area contributed by atoms with Gasteiger partial charge in [-0.3, -0.25) is 9.59 Å². The monoisotopic (exact) mass is 354 g/mol. The Bertz CT molecular complexity index is 359. The molecule has 0 radical (unpaired) electrons. The first-order valence-corrected chi connectivity index (χ1v) is 7.85. The lowest BCUT2D eigenvalue weighted by molar-refractivity contribution is -0.153. The maximum absolute atomic E-state index is 11.7. The highest BCUT2D eigenvalue weighted by Gasteiger charge is 2.35. The molecule has 0 aliphatic carbocycles. The molecule has 0 saturated heterocycles. The van der Waals surface area contributed by atoms with E-state index >= 15 is 0 Å². The number of amides is 2. The van der Waals surface area contributed by atoms with Gasteiger partial charge in [0, 0.05) is 20.2 Å². The number of hydrogen-bond donors (Lipinski definition) is 7. The van der Waals surface area contributed by atoms with Gasteiger partial charge in [-0.05, 0) is 12.8 Å². The standard InChI is InChI=1S/C13H26N2O7S/c1-22-12(8(17)6-16)10(19)11(20)13(21)15-5-3-2-4-14-9(18)7-23/h8,10-12,16-17,19-20,23H,2-7H2,1H3,(H,14,18)(H,15,21)/t8?,10-,11?,12-/m1/s1. The first kappa shape index (κ1) is 22.1. The van der Waals surface area contributed by atoms with Crippen LogP contribution in [0.5, 0.6) is 0 Å². The minimum Gasteiger partial charge on any atom is -0.394 e. The van der Waals surface area contributed by atoms with Gasteiger partial charge in [0.1, 0.15) is 18.3 Å². The summed E-state index contributed by atoms with van der Waals surface area (Å²) in [5, 5.41) is 42.9. The molecule has 136 valence electrons. The van der Waals surface area contributed by atoms with Gasteiger partial charge in [0.25, 0.3) is 5.91 Å². The Morgan fingerprint density at radius 3 is 2.17 bits per heavy atom. The summed E-state index contributed by atoms with van der Waals surface area (Å²) in [6, 6.07) is 0. The van der Waals surface area contributed by atoms with Crippen molar-refractivity contribution >= 4 is 24.4 Å². The van der Waals surface area contributed by atoms with Gasteiger partial charge in [-0.25, -0.2) is 0 Å². The molecule has 0 bridgehead atoms. The first-order valence-electron chi connectivity index (χ1n) is 7.22. The third-order valence-corrected chi connectivity index (χ3v) is 3.42. The van der Waals surface area contributed by atoms with Gasteiger partial charge in [-0.1, -0.05) is 0 Å². The number of carbonyl (C=O) groups excluding carboxylic acids is 2. The molecular weight excluding hydrogens is 328 g/mol. The van der Waals surface area contributed by atoms with Crippen LogP contribution in [0.4, 0.5) is 0 Å². The summed E-state index contributed by atoms with van der Waals surface area (Å²) in [6.45, 7) is 0.0242. The van der Waals surface area contributed by atoms with Crippen LogP contribution in [0, 0.1) is 0 Å². The van der Waals surface area contributed by atoms with Crippen LogP contribution in [-0.4, -0.2) is 89.2 Å². The van der Waals surface area contributed by atoms with E-state index in [0.29, 0.717) is 19.4 Å². The third-order valence-electron chi connectivity index (χ3n) is 3.14. The molecule has 23 heavy (non-hydrogen) atoms. The SMILES string of the molecule is CO[C@H](C(O)CO)[C@H](O)C(O)C(=O)NCCCCNC(=O)CS. The molecule has 2 amide bonds. The molecule has 9 nitrogen and oxygen atoms in total. The molecule has 0 heterocycles. The van der Waals surface area contributed by atoms with Crippen LogP contribution < -0.4 is 10.6 Å². The van der Waals surface area contributed by atoms with Crippen LogP contribution in [-0.2, 0) is 14.3 Å². The minimum atomic E-state index is -1.80. The maximum Gasteiger partial charge on any atom is 0.251 e. The number of aliphatic hydroxyl groups is 4. The highest BCUT2D eigenvalue weighted by atomic mass is 32.1. The van der Waals surface area contributed by atoms with Crippen molar-refractivity contribution in [3.8, 4) is 0 Å². The van der Waals surface area contributed by atoms with E-state index in [9.17, 15) is 24.9 Å². The van der Waals surface area contributed by atoms with E-state index in [0.717, 1.165) is 0 Å². The topological polar surface area (TPSA) is 148 Å². The largest absolute Gasteiger partial charge is 0.394 e. The number of thiol groups is 1. The fourth-order valence-electron chi connectivity index (χ4n) is 1.81.